The predicted octanol–water partition coefficient (Wildman–Crippen LogP) is 12.2. The number of ether oxygens (including phenoxy) is 2. The molecule has 0 heterocycles. The predicted molar refractivity (Wildman–Crippen MR) is 215 cm³/mol. The molecule has 0 spiro atoms. The Morgan fingerprint density at radius 3 is 1.31 bits per heavy atom. The lowest BCUT2D eigenvalue weighted by Gasteiger charge is -2.23. The number of phosphoric acid groups is 1. The third-order valence-electron chi connectivity index (χ3n) is 9.93. The number of carbonyl (C=O) groups excluding carboxylic acids is 1. The summed E-state index contributed by atoms with van der Waals surface area (Å²) in [7, 11) is -4.73. The summed E-state index contributed by atoms with van der Waals surface area (Å²) in [6, 6.07) is 0. The quantitative estimate of drug-likeness (QED) is 0.0313. The fourth-order valence-corrected chi connectivity index (χ4v) is 7.20. The number of halogens is 2. The summed E-state index contributed by atoms with van der Waals surface area (Å²) >= 11 is 0. The smallest absolute Gasteiger partial charge is 0.453 e. The van der Waals surface area contributed by atoms with E-state index in [1.807, 2.05) is 0 Å². The van der Waals surface area contributed by atoms with Crippen molar-refractivity contribution in [3.8, 4) is 0 Å². The van der Waals surface area contributed by atoms with Crippen LogP contribution in [0, 0.1) is 0 Å². The first-order valence-corrected chi connectivity index (χ1v) is 23.6. The van der Waals surface area contributed by atoms with Gasteiger partial charge in [-0.15, -0.1) is 0 Å². The standard InChI is InChI=1S/C42H83F2O9P/c1-3-5-7-9-11-13-15-17-19-20-22-24-26-28-30-32-34-50-37-40(38-52-54(48,49)51-36-39(46)35-45)53-41(47)42(43,44)33-31-29-27-25-23-21-18-16-14-12-10-8-6-4-2/h39-40,45-46H,3-38H2,1-2H3,(H,48,49)/t39-,40+/m0/s1. The Balaban J connectivity index is 4.36. The van der Waals surface area contributed by atoms with Gasteiger partial charge in [-0.2, -0.15) is 8.78 Å². The average Bonchev–Trinajstić information content (AvgIpc) is 3.15. The van der Waals surface area contributed by atoms with E-state index < -0.39 is 58.2 Å². The van der Waals surface area contributed by atoms with Crippen molar-refractivity contribution in [1.82, 2.24) is 0 Å². The highest BCUT2D eigenvalue weighted by Gasteiger charge is 2.41. The molecule has 0 aromatic rings. The number of alkyl halides is 2. The van der Waals surface area contributed by atoms with Gasteiger partial charge in [0.2, 0.25) is 0 Å². The second-order valence-electron chi connectivity index (χ2n) is 15.4. The summed E-state index contributed by atoms with van der Waals surface area (Å²) in [5.74, 6) is -5.44. The maximum absolute atomic E-state index is 14.8. The molecule has 0 aromatic heterocycles. The molecule has 0 saturated heterocycles. The van der Waals surface area contributed by atoms with Gasteiger partial charge < -0.3 is 24.6 Å². The summed E-state index contributed by atoms with van der Waals surface area (Å²) in [5, 5.41) is 18.3. The van der Waals surface area contributed by atoms with E-state index in [4.69, 9.17) is 19.1 Å². The Hall–Kier alpha value is -0.680. The Labute approximate surface area is 329 Å². The lowest BCUT2D eigenvalue weighted by atomic mass is 10.0. The van der Waals surface area contributed by atoms with Crippen molar-refractivity contribution in [2.24, 2.45) is 0 Å². The average molecular weight is 801 g/mol. The van der Waals surface area contributed by atoms with Gasteiger partial charge in [-0.3, -0.25) is 9.05 Å². The molecule has 3 N–H and O–H groups in total. The minimum absolute atomic E-state index is 0.184. The Kier molecular flexibility index (Phi) is 37.4. The maximum atomic E-state index is 14.8. The minimum atomic E-state index is -4.73. The number of esters is 1. The molecular weight excluding hydrogens is 717 g/mol. The number of hydrogen-bond donors (Lipinski definition) is 3. The zero-order valence-electron chi connectivity index (χ0n) is 34.6. The number of rotatable bonds is 43. The van der Waals surface area contributed by atoms with Crippen LogP contribution in [0.2, 0.25) is 0 Å². The van der Waals surface area contributed by atoms with Gasteiger partial charge in [-0.05, 0) is 12.8 Å². The van der Waals surface area contributed by atoms with Gasteiger partial charge in [-0.1, -0.05) is 194 Å². The monoisotopic (exact) mass is 801 g/mol. The molecule has 0 bridgehead atoms. The van der Waals surface area contributed by atoms with E-state index in [0.717, 1.165) is 51.4 Å². The lowest BCUT2D eigenvalue weighted by Crippen LogP contribution is -2.37. The van der Waals surface area contributed by atoms with Crippen molar-refractivity contribution >= 4 is 13.8 Å². The summed E-state index contributed by atoms with van der Waals surface area (Å²) < 4.78 is 61.9. The van der Waals surface area contributed by atoms with Gasteiger partial charge in [0.05, 0.1) is 26.4 Å². The number of aliphatic hydroxyl groups excluding tert-OH is 2. The molecule has 12 heteroatoms. The molecule has 0 aliphatic carbocycles. The molecule has 54 heavy (non-hydrogen) atoms. The van der Waals surface area contributed by atoms with Crippen molar-refractivity contribution in [1.29, 1.82) is 0 Å². The molecule has 3 atom stereocenters. The zero-order chi connectivity index (χ0) is 40.0. The molecule has 0 aliphatic rings. The minimum Gasteiger partial charge on any atom is -0.453 e. The molecule has 324 valence electrons. The molecule has 0 saturated carbocycles. The van der Waals surface area contributed by atoms with E-state index in [-0.39, 0.29) is 13.0 Å². The largest absolute Gasteiger partial charge is 0.472 e. The van der Waals surface area contributed by atoms with Crippen LogP contribution in [0.25, 0.3) is 0 Å². The van der Waals surface area contributed by atoms with E-state index in [0.29, 0.717) is 13.0 Å². The maximum Gasteiger partial charge on any atom is 0.472 e. The summed E-state index contributed by atoms with van der Waals surface area (Å²) in [6.07, 6.45) is 31.5. The number of phosphoric ester groups is 1. The highest BCUT2D eigenvalue weighted by molar-refractivity contribution is 7.47. The second kappa shape index (κ2) is 37.9. The number of aliphatic hydroxyl groups is 2. The first-order chi connectivity index (χ1) is 26.1. The molecule has 0 fully saturated rings. The van der Waals surface area contributed by atoms with E-state index in [1.54, 1.807) is 0 Å². The van der Waals surface area contributed by atoms with E-state index >= 15 is 0 Å². The van der Waals surface area contributed by atoms with Crippen LogP contribution >= 0.6 is 7.82 Å². The molecule has 1 unspecified atom stereocenters. The van der Waals surface area contributed by atoms with Crippen LogP contribution in [-0.2, 0) is 27.9 Å². The summed E-state index contributed by atoms with van der Waals surface area (Å²) in [4.78, 5) is 22.4. The van der Waals surface area contributed by atoms with Crippen molar-refractivity contribution < 1.29 is 51.8 Å². The van der Waals surface area contributed by atoms with Gasteiger partial charge in [-0.25, -0.2) is 9.36 Å². The topological polar surface area (TPSA) is 132 Å². The molecule has 0 radical (unpaired) electrons. The first-order valence-electron chi connectivity index (χ1n) is 22.1. The first kappa shape index (κ1) is 53.3. The molecule has 0 aliphatic heterocycles. The van der Waals surface area contributed by atoms with Crippen molar-refractivity contribution in [3.05, 3.63) is 0 Å². The molecule has 9 nitrogen and oxygen atoms in total. The van der Waals surface area contributed by atoms with Crippen LogP contribution in [-0.4, -0.2) is 72.2 Å². The summed E-state index contributed by atoms with van der Waals surface area (Å²) in [5.41, 5.74) is 0. The third kappa shape index (κ3) is 35.7. The zero-order valence-corrected chi connectivity index (χ0v) is 35.5. The van der Waals surface area contributed by atoms with Crippen LogP contribution in [0.4, 0.5) is 8.78 Å². The van der Waals surface area contributed by atoms with Gasteiger partial charge >= 0.3 is 19.7 Å². The van der Waals surface area contributed by atoms with Crippen LogP contribution < -0.4 is 0 Å². The van der Waals surface area contributed by atoms with Gasteiger partial charge in [0.1, 0.15) is 12.2 Å². The van der Waals surface area contributed by atoms with Crippen molar-refractivity contribution in [2.45, 2.75) is 231 Å². The highest BCUT2D eigenvalue weighted by Crippen LogP contribution is 2.43. The summed E-state index contributed by atoms with van der Waals surface area (Å²) in [6.45, 7) is 2.41. The second-order valence-corrected chi connectivity index (χ2v) is 16.8. The van der Waals surface area contributed by atoms with Crippen LogP contribution in [0.15, 0.2) is 0 Å². The molecule has 0 rings (SSSR count). The SMILES string of the molecule is CCCCCCCCCCCCCCCCCCOC[C@H](COP(=O)(O)OC[C@@H](O)CO)OC(=O)C(F)(F)CCCCCCCCCCCCCCCC. The number of carbonyl (C=O) groups is 1. The van der Waals surface area contributed by atoms with Crippen LogP contribution in [0.5, 0.6) is 0 Å². The Bertz CT molecular complexity index is 868. The van der Waals surface area contributed by atoms with E-state index in [1.165, 1.54) is 128 Å². The highest BCUT2D eigenvalue weighted by atomic mass is 31.2. The number of hydrogen-bond acceptors (Lipinski definition) is 8. The van der Waals surface area contributed by atoms with Gasteiger partial charge in [0.15, 0.2) is 0 Å². The normalized spacial score (nSPS) is 14.3. The molecule has 0 amide bonds. The Morgan fingerprint density at radius 2 is 0.926 bits per heavy atom. The van der Waals surface area contributed by atoms with Gasteiger partial charge in [0, 0.05) is 13.0 Å². The molecule has 0 aromatic carbocycles. The molecular formula is C42H83F2O9P. The third-order valence-corrected chi connectivity index (χ3v) is 10.9. The van der Waals surface area contributed by atoms with Crippen molar-refractivity contribution in [3.63, 3.8) is 0 Å². The van der Waals surface area contributed by atoms with E-state index in [9.17, 15) is 28.1 Å². The van der Waals surface area contributed by atoms with Gasteiger partial charge in [0.25, 0.3) is 0 Å². The van der Waals surface area contributed by atoms with E-state index in [2.05, 4.69) is 18.4 Å². The lowest BCUT2D eigenvalue weighted by molar-refractivity contribution is -0.183. The van der Waals surface area contributed by atoms with Crippen molar-refractivity contribution in [2.75, 3.05) is 33.0 Å². The van der Waals surface area contributed by atoms with Crippen LogP contribution in [0.3, 0.4) is 0 Å². The van der Waals surface area contributed by atoms with Crippen LogP contribution in [0.1, 0.15) is 213 Å². The fraction of sp³-hybridized carbons (Fsp3) is 0.976. The fourth-order valence-electron chi connectivity index (χ4n) is 6.41. The Morgan fingerprint density at radius 1 is 0.574 bits per heavy atom. The number of unbranched alkanes of at least 4 members (excludes halogenated alkanes) is 28.